The molecule has 3 atom stereocenters. The maximum absolute atomic E-state index is 12.4. The largest absolute Gasteiger partial charge is 0.394 e. The molecule has 0 saturated carbocycles. The second-order valence-electron chi connectivity index (χ2n) is 8.38. The van der Waals surface area contributed by atoms with Gasteiger partial charge in [-0.05, 0) is 57.3 Å². The van der Waals surface area contributed by atoms with Crippen LogP contribution in [-0.2, 0) is 19.6 Å². The second-order valence-corrected chi connectivity index (χ2v) is 10.1. The van der Waals surface area contributed by atoms with Crippen LogP contribution in [0.4, 0.5) is 0 Å². The molecule has 0 unspecified atom stereocenters. The molecule has 3 N–H and O–H groups in total. The standard InChI is InChI=1S/C22H35N3O5S/c26-17-21-20(24-22(27)12-16-25-14-5-2-6-15-25)10-9-18(30-21)11-13-23-31(28,29)19-7-3-1-4-8-19/h1,3-4,7-8,18,20-21,23,26H,2,5-6,9-17H2,(H,24,27)/t18-,20-,21-/m0/s1. The first-order valence-corrected chi connectivity index (χ1v) is 12.8. The summed E-state index contributed by atoms with van der Waals surface area (Å²) in [6.07, 6.45) is 5.44. The Kier molecular flexibility index (Phi) is 9.28. The second kappa shape index (κ2) is 11.9. The zero-order chi connectivity index (χ0) is 22.1. The molecule has 0 bridgehead atoms. The molecular weight excluding hydrogens is 418 g/mol. The van der Waals surface area contributed by atoms with Gasteiger partial charge in [0.1, 0.15) is 6.10 Å². The van der Waals surface area contributed by atoms with Crippen molar-refractivity contribution in [3.05, 3.63) is 30.3 Å². The molecule has 9 heteroatoms. The fraction of sp³-hybridized carbons (Fsp3) is 0.682. The first-order valence-electron chi connectivity index (χ1n) is 11.3. The summed E-state index contributed by atoms with van der Waals surface area (Å²) in [5.74, 6) is -0.00769. The van der Waals surface area contributed by atoms with E-state index in [1.807, 2.05) is 0 Å². The van der Waals surface area contributed by atoms with E-state index in [0.29, 0.717) is 25.7 Å². The molecule has 8 nitrogen and oxygen atoms in total. The Bertz CT molecular complexity index is 784. The Morgan fingerprint density at radius 3 is 2.58 bits per heavy atom. The Labute approximate surface area is 185 Å². The lowest BCUT2D eigenvalue weighted by molar-refractivity contribution is -0.128. The van der Waals surface area contributed by atoms with Crippen LogP contribution in [0.2, 0.25) is 0 Å². The summed E-state index contributed by atoms with van der Waals surface area (Å²) in [6, 6.07) is 8.04. The molecule has 3 rings (SSSR count). The van der Waals surface area contributed by atoms with Crippen molar-refractivity contribution in [1.82, 2.24) is 14.9 Å². The fourth-order valence-corrected chi connectivity index (χ4v) is 5.34. The Hall–Kier alpha value is -1.52. The smallest absolute Gasteiger partial charge is 0.240 e. The lowest BCUT2D eigenvalue weighted by Gasteiger charge is -2.36. The number of likely N-dealkylation sites (tertiary alicyclic amines) is 1. The minimum absolute atomic E-state index is 0.00769. The summed E-state index contributed by atoms with van der Waals surface area (Å²) < 4.78 is 33.2. The van der Waals surface area contributed by atoms with Crippen LogP contribution in [0.3, 0.4) is 0 Å². The number of amides is 1. The number of carbonyl (C=O) groups is 1. The van der Waals surface area contributed by atoms with Gasteiger partial charge < -0.3 is 20.1 Å². The lowest BCUT2D eigenvalue weighted by Crippen LogP contribution is -2.51. The van der Waals surface area contributed by atoms with Crippen LogP contribution in [-0.4, -0.2) is 75.4 Å². The van der Waals surface area contributed by atoms with E-state index in [4.69, 9.17) is 4.74 Å². The van der Waals surface area contributed by atoms with Crippen molar-refractivity contribution in [1.29, 1.82) is 0 Å². The first-order chi connectivity index (χ1) is 15.0. The van der Waals surface area contributed by atoms with Crippen molar-refractivity contribution in [2.45, 2.75) is 68.1 Å². The topological polar surface area (TPSA) is 108 Å². The number of nitrogens with zero attached hydrogens (tertiary/aromatic N) is 1. The minimum Gasteiger partial charge on any atom is -0.394 e. The summed E-state index contributed by atoms with van der Waals surface area (Å²) in [7, 11) is -3.54. The summed E-state index contributed by atoms with van der Waals surface area (Å²) in [4.78, 5) is 14.9. The minimum atomic E-state index is -3.54. The van der Waals surface area contributed by atoms with Gasteiger partial charge in [0, 0.05) is 19.5 Å². The van der Waals surface area contributed by atoms with Gasteiger partial charge in [0.05, 0.1) is 23.6 Å². The van der Waals surface area contributed by atoms with Crippen molar-refractivity contribution in [3.63, 3.8) is 0 Å². The van der Waals surface area contributed by atoms with Crippen LogP contribution >= 0.6 is 0 Å². The van der Waals surface area contributed by atoms with Gasteiger partial charge in [-0.3, -0.25) is 4.79 Å². The number of nitrogens with one attached hydrogen (secondary N) is 2. The van der Waals surface area contributed by atoms with Crippen molar-refractivity contribution < 1.29 is 23.1 Å². The quantitative estimate of drug-likeness (QED) is 0.492. The van der Waals surface area contributed by atoms with Crippen LogP contribution in [0, 0.1) is 0 Å². The van der Waals surface area contributed by atoms with Gasteiger partial charge in [-0.2, -0.15) is 0 Å². The number of hydrogen-bond acceptors (Lipinski definition) is 6. The molecule has 2 fully saturated rings. The monoisotopic (exact) mass is 453 g/mol. The average molecular weight is 454 g/mol. The van der Waals surface area contributed by atoms with Gasteiger partial charge >= 0.3 is 0 Å². The fourth-order valence-electron chi connectivity index (χ4n) is 4.27. The molecule has 1 aromatic rings. The summed E-state index contributed by atoms with van der Waals surface area (Å²) >= 11 is 0. The van der Waals surface area contributed by atoms with Gasteiger partial charge in [-0.25, -0.2) is 13.1 Å². The van der Waals surface area contributed by atoms with Gasteiger partial charge in [0.15, 0.2) is 0 Å². The zero-order valence-corrected chi connectivity index (χ0v) is 18.9. The normalized spacial score (nSPS) is 25.3. The number of ether oxygens (including phenoxy) is 1. The van der Waals surface area contributed by atoms with Crippen LogP contribution in [0.5, 0.6) is 0 Å². The number of benzene rings is 1. The average Bonchev–Trinajstić information content (AvgIpc) is 2.80. The van der Waals surface area contributed by atoms with Crippen LogP contribution in [0.1, 0.15) is 44.9 Å². The third kappa shape index (κ3) is 7.54. The van der Waals surface area contributed by atoms with E-state index in [-0.39, 0.29) is 36.1 Å². The highest BCUT2D eigenvalue weighted by atomic mass is 32.2. The lowest BCUT2D eigenvalue weighted by atomic mass is 9.97. The number of hydrogen-bond donors (Lipinski definition) is 3. The Morgan fingerprint density at radius 1 is 1.13 bits per heavy atom. The molecule has 2 heterocycles. The predicted molar refractivity (Wildman–Crippen MR) is 118 cm³/mol. The molecule has 2 saturated heterocycles. The predicted octanol–water partition coefficient (Wildman–Crippen LogP) is 1.26. The van der Waals surface area contributed by atoms with Crippen molar-refractivity contribution in [2.75, 3.05) is 32.8 Å². The molecule has 2 aliphatic rings. The number of carbonyl (C=O) groups excluding carboxylic acids is 1. The number of aliphatic hydroxyl groups excluding tert-OH is 1. The van der Waals surface area contributed by atoms with E-state index < -0.39 is 16.1 Å². The van der Waals surface area contributed by atoms with E-state index >= 15 is 0 Å². The van der Waals surface area contributed by atoms with E-state index in [0.717, 1.165) is 19.6 Å². The Morgan fingerprint density at radius 2 is 1.87 bits per heavy atom. The van der Waals surface area contributed by atoms with Crippen molar-refractivity contribution >= 4 is 15.9 Å². The molecule has 0 aromatic heterocycles. The molecule has 174 valence electrons. The molecule has 1 aromatic carbocycles. The van der Waals surface area contributed by atoms with Gasteiger partial charge in [-0.15, -0.1) is 0 Å². The molecule has 31 heavy (non-hydrogen) atoms. The van der Waals surface area contributed by atoms with Gasteiger partial charge in [0.25, 0.3) is 0 Å². The number of rotatable bonds is 10. The highest BCUT2D eigenvalue weighted by Crippen LogP contribution is 2.22. The zero-order valence-electron chi connectivity index (χ0n) is 18.0. The molecular formula is C22H35N3O5S. The SMILES string of the molecule is O=C(CCN1CCCCC1)N[C@H]1CC[C@@H](CCNS(=O)(=O)c2ccccc2)O[C@H]1CO. The molecule has 0 spiro atoms. The van der Waals surface area contributed by atoms with Gasteiger partial charge in [0.2, 0.25) is 15.9 Å². The highest BCUT2D eigenvalue weighted by Gasteiger charge is 2.32. The third-order valence-corrected chi connectivity index (χ3v) is 7.53. The Balaban J connectivity index is 1.39. The highest BCUT2D eigenvalue weighted by molar-refractivity contribution is 7.89. The van der Waals surface area contributed by atoms with Crippen LogP contribution in [0.15, 0.2) is 35.2 Å². The number of piperidine rings is 1. The molecule has 0 aliphatic carbocycles. The molecule has 0 radical (unpaired) electrons. The molecule has 2 aliphatic heterocycles. The van der Waals surface area contributed by atoms with Crippen LogP contribution in [0.25, 0.3) is 0 Å². The maximum Gasteiger partial charge on any atom is 0.240 e. The summed E-state index contributed by atoms with van der Waals surface area (Å²) in [5.41, 5.74) is 0. The third-order valence-electron chi connectivity index (χ3n) is 6.06. The van der Waals surface area contributed by atoms with Gasteiger partial charge in [-0.1, -0.05) is 24.6 Å². The van der Waals surface area contributed by atoms with Crippen molar-refractivity contribution in [2.24, 2.45) is 0 Å². The van der Waals surface area contributed by atoms with E-state index in [1.54, 1.807) is 30.3 Å². The summed E-state index contributed by atoms with van der Waals surface area (Å²) in [5, 5.41) is 12.8. The van der Waals surface area contributed by atoms with E-state index in [2.05, 4.69) is 14.9 Å². The van der Waals surface area contributed by atoms with E-state index in [1.165, 1.54) is 19.3 Å². The number of aliphatic hydroxyl groups is 1. The van der Waals surface area contributed by atoms with Crippen molar-refractivity contribution in [3.8, 4) is 0 Å². The number of sulfonamides is 1. The first kappa shape index (κ1) is 24.1. The molecule has 1 amide bonds. The van der Waals surface area contributed by atoms with E-state index in [9.17, 15) is 18.3 Å². The maximum atomic E-state index is 12.4. The summed E-state index contributed by atoms with van der Waals surface area (Å²) in [6.45, 7) is 2.98. The van der Waals surface area contributed by atoms with Crippen LogP contribution < -0.4 is 10.0 Å².